The molecule has 2 aliphatic heterocycles. The number of nitrogens with zero attached hydrogens (tertiary/aromatic N) is 2. The van der Waals surface area contributed by atoms with Gasteiger partial charge in [0.1, 0.15) is 12.3 Å². The molecule has 1 fully saturated rings. The van der Waals surface area contributed by atoms with Crippen molar-refractivity contribution in [1.82, 2.24) is 10.2 Å². The number of para-hydroxylation sites is 2. The molecule has 26 heavy (non-hydrogen) atoms. The highest BCUT2D eigenvalue weighted by molar-refractivity contribution is 6.02. The van der Waals surface area contributed by atoms with Crippen molar-refractivity contribution in [1.29, 1.82) is 0 Å². The molecule has 2 heterocycles. The molecular weight excluding hydrogens is 330 g/mol. The number of ether oxygens (including phenoxy) is 1. The zero-order valence-electron chi connectivity index (χ0n) is 15.7. The lowest BCUT2D eigenvalue weighted by Gasteiger charge is -2.35. The Labute approximate surface area is 155 Å². The van der Waals surface area contributed by atoms with Crippen molar-refractivity contribution in [3.63, 3.8) is 0 Å². The second-order valence-electron chi connectivity index (χ2n) is 7.65. The molecule has 1 saturated heterocycles. The van der Waals surface area contributed by atoms with Crippen LogP contribution in [0.2, 0.25) is 0 Å². The van der Waals surface area contributed by atoms with Gasteiger partial charge in [-0.1, -0.05) is 26.0 Å². The van der Waals surface area contributed by atoms with E-state index in [1.54, 1.807) is 6.07 Å². The molecule has 3 rings (SSSR count). The van der Waals surface area contributed by atoms with Gasteiger partial charge in [-0.15, -0.1) is 0 Å². The Balaban J connectivity index is 1.43. The molecule has 6 heteroatoms. The van der Waals surface area contributed by atoms with Crippen LogP contribution in [0.4, 0.5) is 5.69 Å². The summed E-state index contributed by atoms with van der Waals surface area (Å²) in [5, 5.41) is 2.94. The number of likely N-dealkylation sites (tertiary alicyclic amines) is 1. The van der Waals surface area contributed by atoms with Crippen LogP contribution in [0.5, 0.6) is 5.75 Å². The van der Waals surface area contributed by atoms with Crippen LogP contribution in [-0.4, -0.2) is 56.0 Å². The predicted molar refractivity (Wildman–Crippen MR) is 101 cm³/mol. The van der Waals surface area contributed by atoms with Crippen LogP contribution in [0.15, 0.2) is 24.3 Å². The highest BCUT2D eigenvalue weighted by Gasteiger charge is 2.27. The lowest BCUT2D eigenvalue weighted by Crippen LogP contribution is -2.45. The number of benzene rings is 1. The Morgan fingerprint density at radius 2 is 1.96 bits per heavy atom. The van der Waals surface area contributed by atoms with Gasteiger partial charge in [0.25, 0.3) is 5.91 Å². The van der Waals surface area contributed by atoms with E-state index in [1.165, 1.54) is 11.3 Å². The summed E-state index contributed by atoms with van der Waals surface area (Å²) in [7, 11) is 0. The largest absolute Gasteiger partial charge is 0.482 e. The number of fused-ring (bicyclic) bond motifs is 1. The lowest BCUT2D eigenvalue weighted by atomic mass is 9.92. The van der Waals surface area contributed by atoms with Crippen molar-refractivity contribution in [2.75, 3.05) is 44.2 Å². The highest BCUT2D eigenvalue weighted by atomic mass is 16.5. The minimum atomic E-state index is -0.185. The van der Waals surface area contributed by atoms with E-state index in [4.69, 9.17) is 4.74 Å². The Bertz CT molecular complexity index is 639. The molecule has 0 radical (unpaired) electrons. The Kier molecular flexibility index (Phi) is 6.14. The van der Waals surface area contributed by atoms with Gasteiger partial charge in [0.2, 0.25) is 5.91 Å². The van der Waals surface area contributed by atoms with Crippen molar-refractivity contribution in [3.05, 3.63) is 24.3 Å². The third-order valence-electron chi connectivity index (χ3n) is 5.03. The van der Waals surface area contributed by atoms with Gasteiger partial charge in [-0.3, -0.25) is 14.5 Å². The fourth-order valence-electron chi connectivity index (χ4n) is 4.03. The quantitative estimate of drug-likeness (QED) is 0.788. The van der Waals surface area contributed by atoms with Gasteiger partial charge in [0, 0.05) is 19.6 Å². The summed E-state index contributed by atoms with van der Waals surface area (Å²) in [6.45, 7) is 8.58. The molecule has 2 atom stereocenters. The fourth-order valence-corrected chi connectivity index (χ4v) is 4.03. The minimum absolute atomic E-state index is 0.0182. The summed E-state index contributed by atoms with van der Waals surface area (Å²) >= 11 is 0. The van der Waals surface area contributed by atoms with Gasteiger partial charge >= 0.3 is 0 Å². The van der Waals surface area contributed by atoms with Crippen LogP contribution in [-0.2, 0) is 9.59 Å². The molecule has 2 aliphatic rings. The second-order valence-corrected chi connectivity index (χ2v) is 7.65. The topological polar surface area (TPSA) is 61.9 Å². The summed E-state index contributed by atoms with van der Waals surface area (Å²) in [5.41, 5.74) is 0.662. The molecule has 1 N–H and O–H groups in total. The van der Waals surface area contributed by atoms with Gasteiger partial charge in [0.05, 0.1) is 5.69 Å². The van der Waals surface area contributed by atoms with Gasteiger partial charge in [0.15, 0.2) is 6.61 Å². The number of hydrogen-bond donors (Lipinski definition) is 1. The molecule has 2 amide bonds. The second kappa shape index (κ2) is 8.54. The van der Waals surface area contributed by atoms with Gasteiger partial charge in [-0.2, -0.15) is 0 Å². The van der Waals surface area contributed by atoms with Crippen LogP contribution >= 0.6 is 0 Å². The summed E-state index contributed by atoms with van der Waals surface area (Å²) in [5.74, 6) is 1.83. The van der Waals surface area contributed by atoms with E-state index in [9.17, 15) is 9.59 Å². The lowest BCUT2D eigenvalue weighted by molar-refractivity contribution is -0.125. The first-order valence-electron chi connectivity index (χ1n) is 9.54. The average Bonchev–Trinajstić information content (AvgIpc) is 2.60. The van der Waals surface area contributed by atoms with Gasteiger partial charge in [-0.05, 0) is 43.4 Å². The van der Waals surface area contributed by atoms with Crippen molar-refractivity contribution >= 4 is 17.5 Å². The summed E-state index contributed by atoms with van der Waals surface area (Å²) in [4.78, 5) is 28.4. The zero-order chi connectivity index (χ0) is 18.5. The maximum absolute atomic E-state index is 12.3. The van der Waals surface area contributed by atoms with E-state index in [-0.39, 0.29) is 25.0 Å². The summed E-state index contributed by atoms with van der Waals surface area (Å²) < 4.78 is 5.40. The number of carbonyl (C=O) groups excluding carboxylic acids is 2. The van der Waals surface area contributed by atoms with E-state index in [2.05, 4.69) is 24.1 Å². The zero-order valence-corrected chi connectivity index (χ0v) is 15.7. The standard InChI is InChI=1S/C20H29N3O3/c1-15-10-16(2)12-22(11-15)9-5-8-21-19(24)13-23-17-6-3-4-7-18(17)26-14-20(23)25/h3-4,6-7,15-16H,5,8-14H2,1-2H3,(H,21,24). The molecule has 0 aromatic heterocycles. The molecule has 0 bridgehead atoms. The molecule has 0 spiro atoms. The SMILES string of the molecule is CC1CC(C)CN(CCCNC(=O)CN2C(=O)COc3ccccc32)C1. The smallest absolute Gasteiger partial charge is 0.265 e. The van der Waals surface area contributed by atoms with Crippen LogP contribution in [0.3, 0.4) is 0 Å². The minimum Gasteiger partial charge on any atom is -0.482 e. The molecule has 0 aliphatic carbocycles. The third-order valence-corrected chi connectivity index (χ3v) is 5.03. The van der Waals surface area contributed by atoms with Gasteiger partial charge < -0.3 is 15.0 Å². The first-order valence-corrected chi connectivity index (χ1v) is 9.54. The number of piperidine rings is 1. The Hall–Kier alpha value is -2.08. The first-order chi connectivity index (χ1) is 12.5. The number of amides is 2. The molecule has 2 unspecified atom stereocenters. The fraction of sp³-hybridized carbons (Fsp3) is 0.600. The molecule has 6 nitrogen and oxygen atoms in total. The van der Waals surface area contributed by atoms with Crippen LogP contribution in [0.25, 0.3) is 0 Å². The van der Waals surface area contributed by atoms with Gasteiger partial charge in [-0.25, -0.2) is 0 Å². The number of nitrogens with one attached hydrogen (secondary N) is 1. The monoisotopic (exact) mass is 359 g/mol. The number of rotatable bonds is 6. The summed E-state index contributed by atoms with van der Waals surface area (Å²) in [6, 6.07) is 7.31. The van der Waals surface area contributed by atoms with E-state index >= 15 is 0 Å². The Morgan fingerprint density at radius 3 is 2.73 bits per heavy atom. The van der Waals surface area contributed by atoms with Crippen LogP contribution in [0, 0.1) is 11.8 Å². The number of anilines is 1. The van der Waals surface area contributed by atoms with E-state index in [0.717, 1.165) is 37.9 Å². The van der Waals surface area contributed by atoms with Crippen molar-refractivity contribution in [3.8, 4) is 5.75 Å². The average molecular weight is 359 g/mol. The van der Waals surface area contributed by atoms with E-state index in [0.29, 0.717) is 18.0 Å². The molecule has 1 aromatic rings. The number of carbonyl (C=O) groups is 2. The van der Waals surface area contributed by atoms with Crippen LogP contribution < -0.4 is 15.0 Å². The van der Waals surface area contributed by atoms with E-state index in [1.807, 2.05) is 18.2 Å². The molecule has 142 valence electrons. The normalized spacial score (nSPS) is 23.3. The maximum atomic E-state index is 12.3. The first kappa shape index (κ1) is 18.7. The molecule has 1 aromatic carbocycles. The predicted octanol–water partition coefficient (Wildman–Crippen LogP) is 1.90. The van der Waals surface area contributed by atoms with Crippen molar-refractivity contribution in [2.45, 2.75) is 26.7 Å². The highest BCUT2D eigenvalue weighted by Crippen LogP contribution is 2.31. The third kappa shape index (κ3) is 4.75. The van der Waals surface area contributed by atoms with Crippen LogP contribution in [0.1, 0.15) is 26.7 Å². The summed E-state index contributed by atoms with van der Waals surface area (Å²) in [6.07, 6.45) is 2.24. The molecule has 0 saturated carbocycles. The Morgan fingerprint density at radius 1 is 1.23 bits per heavy atom. The maximum Gasteiger partial charge on any atom is 0.265 e. The van der Waals surface area contributed by atoms with Crippen molar-refractivity contribution in [2.24, 2.45) is 11.8 Å². The van der Waals surface area contributed by atoms with E-state index < -0.39 is 0 Å². The number of hydrogen-bond acceptors (Lipinski definition) is 4. The molecular formula is C20H29N3O3. The van der Waals surface area contributed by atoms with Crippen molar-refractivity contribution < 1.29 is 14.3 Å².